The van der Waals surface area contributed by atoms with Crippen molar-refractivity contribution in [2.24, 2.45) is 0 Å². The molecule has 0 aromatic carbocycles. The number of aliphatic hydroxyl groups is 1. The quantitative estimate of drug-likeness (QED) is 0.518. The van der Waals surface area contributed by atoms with Gasteiger partial charge in [-0.1, -0.05) is 0 Å². The Labute approximate surface area is 80.3 Å². The van der Waals surface area contributed by atoms with Crippen LogP contribution in [0.4, 0.5) is 0 Å². The molecule has 74 valence electrons. The summed E-state index contributed by atoms with van der Waals surface area (Å²) < 4.78 is 5.38. The Morgan fingerprint density at radius 3 is 2.85 bits per heavy atom. The zero-order valence-electron chi connectivity index (χ0n) is 8.25. The second-order valence-electron chi connectivity index (χ2n) is 3.77. The molecule has 0 aromatic rings. The molecule has 13 heavy (non-hydrogen) atoms. The molecule has 1 N–H and O–H groups in total. The molecule has 2 heteroatoms. The number of rotatable bonds is 5. The van der Waals surface area contributed by atoms with Gasteiger partial charge in [0.1, 0.15) is 0 Å². The van der Waals surface area contributed by atoms with Gasteiger partial charge in [-0.25, -0.2) is 0 Å². The first-order chi connectivity index (χ1) is 6.20. The molecular formula is C11H18O2. The third kappa shape index (κ3) is 3.02. The van der Waals surface area contributed by atoms with E-state index in [-0.39, 0.29) is 6.10 Å². The summed E-state index contributed by atoms with van der Waals surface area (Å²) in [5.41, 5.74) is -0.476. The van der Waals surface area contributed by atoms with E-state index in [1.807, 2.05) is 6.92 Å². The average molecular weight is 182 g/mol. The van der Waals surface area contributed by atoms with E-state index in [9.17, 15) is 5.11 Å². The summed E-state index contributed by atoms with van der Waals surface area (Å²) >= 11 is 0. The van der Waals surface area contributed by atoms with Crippen molar-refractivity contribution >= 4 is 0 Å². The van der Waals surface area contributed by atoms with Crippen LogP contribution in [0.5, 0.6) is 0 Å². The molecule has 1 rings (SSSR count). The number of ether oxygens (including phenoxy) is 1. The molecule has 1 fully saturated rings. The van der Waals surface area contributed by atoms with Crippen LogP contribution in [-0.4, -0.2) is 23.4 Å². The SMILES string of the molecule is C#CCCCC1(O)CC(OCC)C1. The minimum atomic E-state index is -0.476. The minimum Gasteiger partial charge on any atom is -0.390 e. The molecule has 0 atom stereocenters. The topological polar surface area (TPSA) is 29.5 Å². The number of unbranched alkanes of at least 4 members (excludes halogenated alkanes) is 1. The molecule has 0 amide bonds. The van der Waals surface area contributed by atoms with Crippen LogP contribution in [-0.2, 0) is 4.74 Å². The average Bonchev–Trinajstić information content (AvgIpc) is 2.03. The van der Waals surface area contributed by atoms with Crippen LogP contribution in [0.3, 0.4) is 0 Å². The highest BCUT2D eigenvalue weighted by Crippen LogP contribution is 2.38. The van der Waals surface area contributed by atoms with E-state index in [1.165, 1.54) is 0 Å². The highest BCUT2D eigenvalue weighted by molar-refractivity contribution is 4.96. The predicted molar refractivity (Wildman–Crippen MR) is 52.3 cm³/mol. The van der Waals surface area contributed by atoms with Crippen molar-refractivity contribution in [3.05, 3.63) is 0 Å². The number of hydrogen-bond donors (Lipinski definition) is 1. The van der Waals surface area contributed by atoms with Gasteiger partial charge in [0, 0.05) is 25.9 Å². The Balaban J connectivity index is 2.11. The fraction of sp³-hybridized carbons (Fsp3) is 0.818. The number of hydrogen-bond acceptors (Lipinski definition) is 2. The summed E-state index contributed by atoms with van der Waals surface area (Å²) in [5, 5.41) is 9.89. The minimum absolute atomic E-state index is 0.279. The lowest BCUT2D eigenvalue weighted by Gasteiger charge is -2.43. The van der Waals surface area contributed by atoms with Gasteiger partial charge in [-0.2, -0.15) is 0 Å². The van der Waals surface area contributed by atoms with Gasteiger partial charge in [0.25, 0.3) is 0 Å². The van der Waals surface area contributed by atoms with Crippen molar-refractivity contribution in [2.75, 3.05) is 6.61 Å². The van der Waals surface area contributed by atoms with Crippen LogP contribution in [0.25, 0.3) is 0 Å². The van der Waals surface area contributed by atoms with E-state index in [0.717, 1.165) is 38.7 Å². The lowest BCUT2D eigenvalue weighted by Crippen LogP contribution is -2.48. The normalized spacial score (nSPS) is 32.2. The van der Waals surface area contributed by atoms with E-state index in [2.05, 4.69) is 5.92 Å². The van der Waals surface area contributed by atoms with Crippen molar-refractivity contribution in [3.8, 4) is 12.3 Å². The van der Waals surface area contributed by atoms with Crippen LogP contribution in [0.15, 0.2) is 0 Å². The van der Waals surface area contributed by atoms with E-state index < -0.39 is 5.60 Å². The molecular weight excluding hydrogens is 164 g/mol. The van der Waals surface area contributed by atoms with E-state index >= 15 is 0 Å². The Hall–Kier alpha value is -0.520. The van der Waals surface area contributed by atoms with Crippen molar-refractivity contribution in [2.45, 2.75) is 50.7 Å². The predicted octanol–water partition coefficient (Wildman–Crippen LogP) is 1.72. The van der Waals surface area contributed by atoms with Gasteiger partial charge in [-0.3, -0.25) is 0 Å². The lowest BCUT2D eigenvalue weighted by molar-refractivity contribution is -0.141. The summed E-state index contributed by atoms with van der Waals surface area (Å²) in [4.78, 5) is 0. The summed E-state index contributed by atoms with van der Waals surface area (Å²) in [6.45, 7) is 2.72. The molecule has 1 saturated carbocycles. The molecule has 0 radical (unpaired) electrons. The molecule has 1 aliphatic rings. The second kappa shape index (κ2) is 4.64. The van der Waals surface area contributed by atoms with Crippen molar-refractivity contribution in [1.82, 2.24) is 0 Å². The Kier molecular flexibility index (Phi) is 3.77. The molecule has 0 saturated heterocycles. The summed E-state index contributed by atoms with van der Waals surface area (Å²) in [6.07, 6.45) is 9.49. The summed E-state index contributed by atoms with van der Waals surface area (Å²) in [6, 6.07) is 0. The lowest BCUT2D eigenvalue weighted by atomic mass is 9.74. The van der Waals surface area contributed by atoms with Gasteiger partial charge in [0.05, 0.1) is 11.7 Å². The smallest absolute Gasteiger partial charge is 0.0697 e. The van der Waals surface area contributed by atoms with Crippen LogP contribution in [0, 0.1) is 12.3 Å². The summed E-state index contributed by atoms with van der Waals surface area (Å²) in [5.74, 6) is 2.58. The van der Waals surface area contributed by atoms with Crippen LogP contribution in [0.1, 0.15) is 39.0 Å². The Morgan fingerprint density at radius 1 is 1.62 bits per heavy atom. The van der Waals surface area contributed by atoms with Gasteiger partial charge in [-0.05, 0) is 19.8 Å². The fourth-order valence-electron chi connectivity index (χ4n) is 1.86. The third-order valence-corrected chi connectivity index (χ3v) is 2.58. The first-order valence-electron chi connectivity index (χ1n) is 4.97. The van der Waals surface area contributed by atoms with Gasteiger partial charge in [0.2, 0.25) is 0 Å². The fourth-order valence-corrected chi connectivity index (χ4v) is 1.86. The largest absolute Gasteiger partial charge is 0.390 e. The molecule has 0 aliphatic heterocycles. The Morgan fingerprint density at radius 2 is 2.31 bits per heavy atom. The molecule has 0 bridgehead atoms. The number of terminal acetylenes is 1. The highest BCUT2D eigenvalue weighted by atomic mass is 16.5. The monoisotopic (exact) mass is 182 g/mol. The first-order valence-corrected chi connectivity index (χ1v) is 4.97. The summed E-state index contributed by atoms with van der Waals surface area (Å²) in [7, 11) is 0. The maximum Gasteiger partial charge on any atom is 0.0697 e. The zero-order chi connectivity index (χ0) is 9.73. The highest BCUT2D eigenvalue weighted by Gasteiger charge is 2.42. The first kappa shape index (κ1) is 10.6. The Bertz CT molecular complexity index is 187. The van der Waals surface area contributed by atoms with Gasteiger partial charge in [-0.15, -0.1) is 12.3 Å². The van der Waals surface area contributed by atoms with E-state index in [0.29, 0.717) is 0 Å². The third-order valence-electron chi connectivity index (χ3n) is 2.58. The molecule has 0 spiro atoms. The molecule has 0 heterocycles. The molecule has 0 aromatic heterocycles. The van der Waals surface area contributed by atoms with Crippen LogP contribution < -0.4 is 0 Å². The van der Waals surface area contributed by atoms with Gasteiger partial charge < -0.3 is 9.84 Å². The van der Waals surface area contributed by atoms with Crippen molar-refractivity contribution < 1.29 is 9.84 Å². The van der Waals surface area contributed by atoms with Gasteiger partial charge in [0.15, 0.2) is 0 Å². The maximum absolute atomic E-state index is 9.89. The van der Waals surface area contributed by atoms with Crippen LogP contribution in [0.2, 0.25) is 0 Å². The van der Waals surface area contributed by atoms with Gasteiger partial charge >= 0.3 is 0 Å². The molecule has 0 unspecified atom stereocenters. The molecule has 1 aliphatic carbocycles. The zero-order valence-corrected chi connectivity index (χ0v) is 8.25. The maximum atomic E-state index is 9.89. The van der Waals surface area contributed by atoms with Crippen LogP contribution >= 0.6 is 0 Å². The second-order valence-corrected chi connectivity index (χ2v) is 3.77. The van der Waals surface area contributed by atoms with E-state index in [4.69, 9.17) is 11.2 Å². The molecule has 2 nitrogen and oxygen atoms in total. The van der Waals surface area contributed by atoms with Crippen molar-refractivity contribution in [3.63, 3.8) is 0 Å². The van der Waals surface area contributed by atoms with E-state index in [1.54, 1.807) is 0 Å². The van der Waals surface area contributed by atoms with Crippen molar-refractivity contribution in [1.29, 1.82) is 0 Å². The standard InChI is InChI=1S/C11H18O2/c1-3-5-6-7-11(12)8-10(9-11)13-4-2/h1,10,12H,4-9H2,2H3.